The number of fused-ring (bicyclic) bond motifs is 1. The molecule has 136 valence electrons. The molecule has 3 rings (SSSR count). The highest BCUT2D eigenvalue weighted by Gasteiger charge is 2.20. The Hall–Kier alpha value is -2.64. The van der Waals surface area contributed by atoms with Crippen LogP contribution in [0.2, 0.25) is 0 Å². The fourth-order valence-electron chi connectivity index (χ4n) is 2.76. The van der Waals surface area contributed by atoms with Crippen LogP contribution in [-0.4, -0.2) is 24.6 Å². The number of nitrogen functional groups attached to an aromatic ring is 1. The van der Waals surface area contributed by atoms with E-state index >= 15 is 0 Å². The first-order valence-corrected chi connectivity index (χ1v) is 9.06. The molecule has 0 radical (unpaired) electrons. The van der Waals surface area contributed by atoms with Gasteiger partial charge in [-0.15, -0.1) is 11.3 Å². The molecule has 3 aromatic rings. The Labute approximate surface area is 155 Å². The van der Waals surface area contributed by atoms with Gasteiger partial charge in [-0.2, -0.15) is 0 Å². The van der Waals surface area contributed by atoms with Gasteiger partial charge in [0, 0.05) is 23.9 Å². The minimum Gasteiger partial charge on any atom is -0.494 e. The lowest BCUT2D eigenvalue weighted by atomic mass is 10.1. The minimum absolute atomic E-state index is 0.254. The Kier molecular flexibility index (Phi) is 5.39. The first-order valence-electron chi connectivity index (χ1n) is 8.25. The highest BCUT2D eigenvalue weighted by atomic mass is 32.1. The van der Waals surface area contributed by atoms with Gasteiger partial charge in [-0.05, 0) is 49.7 Å². The summed E-state index contributed by atoms with van der Waals surface area (Å²) in [5.41, 5.74) is 9.19. The third-order valence-corrected chi connectivity index (χ3v) is 4.94. The van der Waals surface area contributed by atoms with Crippen LogP contribution < -0.4 is 15.8 Å². The van der Waals surface area contributed by atoms with Gasteiger partial charge in [-0.25, -0.2) is 4.98 Å². The third-order valence-electron chi connectivity index (χ3n) is 3.84. The van der Waals surface area contributed by atoms with Gasteiger partial charge in [-0.3, -0.25) is 4.79 Å². The molecular weight excluding hydrogens is 350 g/mol. The normalized spacial score (nSPS) is 10.9. The molecule has 2 aromatic heterocycles. The van der Waals surface area contributed by atoms with Crippen molar-refractivity contribution in [3.63, 3.8) is 0 Å². The molecule has 0 bridgehead atoms. The first kappa shape index (κ1) is 18.2. The van der Waals surface area contributed by atoms with Gasteiger partial charge in [-0.1, -0.05) is 0 Å². The molecule has 26 heavy (non-hydrogen) atoms. The number of nitrogens with one attached hydrogen (secondary N) is 1. The van der Waals surface area contributed by atoms with Crippen LogP contribution >= 0.6 is 11.3 Å². The van der Waals surface area contributed by atoms with E-state index in [0.29, 0.717) is 29.5 Å². The number of carbonyl (C=O) groups excluding carboxylic acids is 1. The second kappa shape index (κ2) is 7.72. The van der Waals surface area contributed by atoms with E-state index in [0.717, 1.165) is 27.2 Å². The van der Waals surface area contributed by atoms with Crippen molar-refractivity contribution in [2.75, 3.05) is 24.8 Å². The SMILES string of the molecule is CCOc1ccc(NC(=O)c2sc3nc(C)cc(COC)c3c2N)cc1. The number of thiophene rings is 1. The van der Waals surface area contributed by atoms with Gasteiger partial charge in [0.05, 0.1) is 18.9 Å². The van der Waals surface area contributed by atoms with E-state index in [1.807, 2.05) is 32.0 Å². The second-order valence-electron chi connectivity index (χ2n) is 5.79. The monoisotopic (exact) mass is 371 g/mol. The van der Waals surface area contributed by atoms with Gasteiger partial charge in [0.2, 0.25) is 0 Å². The van der Waals surface area contributed by atoms with Crippen LogP contribution in [0.25, 0.3) is 10.2 Å². The summed E-state index contributed by atoms with van der Waals surface area (Å²) in [6.07, 6.45) is 0. The maximum Gasteiger partial charge on any atom is 0.267 e. The van der Waals surface area contributed by atoms with E-state index in [1.54, 1.807) is 19.2 Å². The summed E-state index contributed by atoms with van der Waals surface area (Å²) in [6.45, 7) is 4.85. The number of pyridine rings is 1. The van der Waals surface area contributed by atoms with Crippen LogP contribution in [0.15, 0.2) is 30.3 Å². The van der Waals surface area contributed by atoms with E-state index in [9.17, 15) is 4.79 Å². The Morgan fingerprint density at radius 3 is 2.69 bits per heavy atom. The summed E-state index contributed by atoms with van der Waals surface area (Å²) in [7, 11) is 1.63. The van der Waals surface area contributed by atoms with Crippen LogP contribution in [0.1, 0.15) is 27.9 Å². The maximum atomic E-state index is 12.7. The summed E-state index contributed by atoms with van der Waals surface area (Å²) in [5.74, 6) is 0.506. The third kappa shape index (κ3) is 3.63. The van der Waals surface area contributed by atoms with E-state index < -0.39 is 0 Å². The number of anilines is 2. The van der Waals surface area contributed by atoms with Crippen LogP contribution in [-0.2, 0) is 11.3 Å². The quantitative estimate of drug-likeness (QED) is 0.684. The topological polar surface area (TPSA) is 86.5 Å². The number of hydrogen-bond donors (Lipinski definition) is 2. The van der Waals surface area contributed by atoms with Gasteiger partial charge in [0.25, 0.3) is 5.91 Å². The zero-order chi connectivity index (χ0) is 18.7. The molecule has 3 N–H and O–H groups in total. The van der Waals surface area contributed by atoms with Crippen molar-refractivity contribution >= 4 is 38.8 Å². The molecule has 0 aliphatic rings. The predicted octanol–water partition coefficient (Wildman–Crippen LogP) is 3.98. The number of nitrogens with two attached hydrogens (primary N) is 1. The average Bonchev–Trinajstić information content (AvgIpc) is 2.94. The van der Waals surface area contributed by atoms with Crippen molar-refractivity contribution < 1.29 is 14.3 Å². The molecule has 0 aliphatic carbocycles. The summed E-state index contributed by atoms with van der Waals surface area (Å²) >= 11 is 1.29. The number of ether oxygens (including phenoxy) is 2. The second-order valence-corrected chi connectivity index (χ2v) is 6.79. The van der Waals surface area contributed by atoms with Crippen LogP contribution in [0.5, 0.6) is 5.75 Å². The molecule has 1 aromatic carbocycles. The number of rotatable bonds is 6. The molecule has 2 heterocycles. The average molecular weight is 371 g/mol. The van der Waals surface area contributed by atoms with Crippen molar-refractivity contribution in [2.45, 2.75) is 20.5 Å². The number of aromatic nitrogens is 1. The molecule has 0 aliphatic heterocycles. The summed E-state index contributed by atoms with van der Waals surface area (Å²) in [5, 5.41) is 3.66. The zero-order valence-electron chi connectivity index (χ0n) is 15.0. The van der Waals surface area contributed by atoms with Crippen molar-refractivity contribution in [3.8, 4) is 5.75 Å². The molecule has 0 unspecified atom stereocenters. The molecule has 0 atom stereocenters. The van der Waals surface area contributed by atoms with Crippen molar-refractivity contribution in [3.05, 3.63) is 46.5 Å². The number of methoxy groups -OCH3 is 1. The molecule has 7 heteroatoms. The molecule has 0 fully saturated rings. The standard InChI is InChI=1S/C19H21N3O3S/c1-4-25-14-7-5-13(6-8-14)22-18(23)17-16(20)15-12(10-24-3)9-11(2)21-19(15)26-17/h5-9H,4,10,20H2,1-3H3,(H,22,23). The van der Waals surface area contributed by atoms with Gasteiger partial charge in [0.15, 0.2) is 0 Å². The fraction of sp³-hybridized carbons (Fsp3) is 0.263. The molecule has 1 amide bonds. The maximum absolute atomic E-state index is 12.7. The Morgan fingerprint density at radius 1 is 1.31 bits per heavy atom. The fourth-order valence-corrected chi connectivity index (χ4v) is 3.85. The van der Waals surface area contributed by atoms with E-state index in [1.165, 1.54) is 11.3 Å². The largest absolute Gasteiger partial charge is 0.494 e. The highest BCUT2D eigenvalue weighted by molar-refractivity contribution is 7.21. The lowest BCUT2D eigenvalue weighted by Gasteiger charge is -2.07. The first-order chi connectivity index (χ1) is 12.5. The molecule has 0 spiro atoms. The van der Waals surface area contributed by atoms with Crippen molar-refractivity contribution in [1.29, 1.82) is 0 Å². The van der Waals surface area contributed by atoms with E-state index in [2.05, 4.69) is 10.3 Å². The van der Waals surface area contributed by atoms with Gasteiger partial charge < -0.3 is 20.5 Å². The highest BCUT2D eigenvalue weighted by Crippen LogP contribution is 2.36. The van der Waals surface area contributed by atoms with Gasteiger partial charge in [0.1, 0.15) is 15.5 Å². The predicted molar refractivity (Wildman–Crippen MR) is 105 cm³/mol. The Morgan fingerprint density at radius 2 is 2.04 bits per heavy atom. The molecule has 0 saturated carbocycles. The number of carbonyl (C=O) groups is 1. The minimum atomic E-state index is -0.254. The number of amides is 1. The molecule has 0 saturated heterocycles. The lowest BCUT2D eigenvalue weighted by Crippen LogP contribution is -2.12. The Balaban J connectivity index is 1.90. The summed E-state index contributed by atoms with van der Waals surface area (Å²) in [6, 6.07) is 9.16. The number of nitrogens with zero attached hydrogens (tertiary/aromatic N) is 1. The van der Waals surface area contributed by atoms with Gasteiger partial charge >= 0.3 is 0 Å². The van der Waals surface area contributed by atoms with Crippen LogP contribution in [0.4, 0.5) is 11.4 Å². The number of aryl methyl sites for hydroxylation is 1. The summed E-state index contributed by atoms with van der Waals surface area (Å²) < 4.78 is 10.7. The van der Waals surface area contributed by atoms with Crippen LogP contribution in [0, 0.1) is 6.92 Å². The van der Waals surface area contributed by atoms with Crippen molar-refractivity contribution in [2.24, 2.45) is 0 Å². The number of benzene rings is 1. The van der Waals surface area contributed by atoms with E-state index in [-0.39, 0.29) is 5.91 Å². The Bertz CT molecular complexity index is 935. The van der Waals surface area contributed by atoms with Crippen LogP contribution in [0.3, 0.4) is 0 Å². The zero-order valence-corrected chi connectivity index (χ0v) is 15.8. The molecule has 6 nitrogen and oxygen atoms in total. The number of hydrogen-bond acceptors (Lipinski definition) is 6. The van der Waals surface area contributed by atoms with Crippen molar-refractivity contribution in [1.82, 2.24) is 4.98 Å². The van der Waals surface area contributed by atoms with E-state index in [4.69, 9.17) is 15.2 Å². The molecular formula is C19H21N3O3S. The lowest BCUT2D eigenvalue weighted by molar-refractivity contribution is 0.103. The summed E-state index contributed by atoms with van der Waals surface area (Å²) in [4.78, 5) is 18.4. The smallest absolute Gasteiger partial charge is 0.267 e.